The molecule has 1 aliphatic heterocycles. The molecule has 0 N–H and O–H groups in total. The van der Waals surface area contributed by atoms with Gasteiger partial charge >= 0.3 is 6.09 Å². The monoisotopic (exact) mass is 309 g/mol. The van der Waals surface area contributed by atoms with Gasteiger partial charge in [-0.2, -0.15) is 0 Å². The quantitative estimate of drug-likeness (QED) is 0.804. The van der Waals surface area contributed by atoms with Gasteiger partial charge in [-0.3, -0.25) is 0 Å². The number of hydrogen-bond donors (Lipinski definition) is 0. The number of carbonyl (C=O) groups is 2. The average Bonchev–Trinajstić information content (AvgIpc) is 2.30. The molecule has 0 saturated carbocycles. The van der Waals surface area contributed by atoms with E-state index in [-0.39, 0.29) is 11.5 Å². The summed E-state index contributed by atoms with van der Waals surface area (Å²) in [4.78, 5) is 24.7. The molecule has 4 nitrogen and oxygen atoms in total. The number of halogens is 1. The second-order valence-corrected chi connectivity index (χ2v) is 6.93. The highest BCUT2D eigenvalue weighted by Gasteiger charge is 2.47. The maximum Gasteiger partial charge on any atom is 0.410 e. The first-order valence-electron chi connectivity index (χ1n) is 6.93. The van der Waals surface area contributed by atoms with Gasteiger partial charge in [0.1, 0.15) is 11.9 Å². The predicted molar refractivity (Wildman–Crippen MR) is 81.6 cm³/mol. The molecule has 1 amide bonds. The summed E-state index contributed by atoms with van der Waals surface area (Å²) in [5.74, 6) is 0. The Kier molecular flexibility index (Phi) is 4.28. The van der Waals surface area contributed by atoms with Crippen LogP contribution >= 0.6 is 11.6 Å². The van der Waals surface area contributed by atoms with Crippen LogP contribution in [0.1, 0.15) is 32.8 Å². The Balaban J connectivity index is 2.11. The SMILES string of the molecule is CC(C)(C)OC(=O)N1CC(CC=O)(c2cccc(Cl)c2)C1. The van der Waals surface area contributed by atoms with Crippen molar-refractivity contribution in [1.29, 1.82) is 0 Å². The number of ether oxygens (including phenoxy) is 1. The molecule has 0 aromatic heterocycles. The highest BCUT2D eigenvalue weighted by Crippen LogP contribution is 2.38. The molecule has 1 aromatic carbocycles. The van der Waals surface area contributed by atoms with E-state index in [0.29, 0.717) is 24.5 Å². The molecule has 1 aromatic rings. The van der Waals surface area contributed by atoms with Crippen LogP contribution in [0.2, 0.25) is 5.02 Å². The van der Waals surface area contributed by atoms with Gasteiger partial charge in [0, 0.05) is 29.9 Å². The van der Waals surface area contributed by atoms with Crippen LogP contribution in [0.5, 0.6) is 0 Å². The third-order valence-corrected chi connectivity index (χ3v) is 3.78. The number of benzene rings is 1. The van der Waals surface area contributed by atoms with E-state index >= 15 is 0 Å². The topological polar surface area (TPSA) is 46.6 Å². The van der Waals surface area contributed by atoms with E-state index in [2.05, 4.69) is 0 Å². The maximum atomic E-state index is 12.0. The van der Waals surface area contributed by atoms with Crippen molar-refractivity contribution in [2.75, 3.05) is 13.1 Å². The van der Waals surface area contributed by atoms with Crippen LogP contribution in [-0.2, 0) is 14.9 Å². The summed E-state index contributed by atoms with van der Waals surface area (Å²) < 4.78 is 5.35. The molecule has 5 heteroatoms. The van der Waals surface area contributed by atoms with E-state index in [9.17, 15) is 9.59 Å². The van der Waals surface area contributed by atoms with Gasteiger partial charge in [0.05, 0.1) is 0 Å². The van der Waals surface area contributed by atoms with Crippen molar-refractivity contribution in [1.82, 2.24) is 4.90 Å². The largest absolute Gasteiger partial charge is 0.444 e. The van der Waals surface area contributed by atoms with Crippen molar-refractivity contribution < 1.29 is 14.3 Å². The first-order valence-corrected chi connectivity index (χ1v) is 7.31. The summed E-state index contributed by atoms with van der Waals surface area (Å²) in [7, 11) is 0. The van der Waals surface area contributed by atoms with Crippen molar-refractivity contribution in [2.24, 2.45) is 0 Å². The number of nitrogens with zero attached hydrogens (tertiary/aromatic N) is 1. The lowest BCUT2D eigenvalue weighted by atomic mass is 9.72. The first kappa shape index (κ1) is 15.8. The zero-order chi connectivity index (χ0) is 15.7. The minimum Gasteiger partial charge on any atom is -0.444 e. The summed E-state index contributed by atoms with van der Waals surface area (Å²) in [5.41, 5.74) is 0.126. The highest BCUT2D eigenvalue weighted by atomic mass is 35.5. The lowest BCUT2D eigenvalue weighted by molar-refractivity contribution is -0.110. The second kappa shape index (κ2) is 5.68. The minimum atomic E-state index is -0.518. The van der Waals surface area contributed by atoms with Gasteiger partial charge in [0.25, 0.3) is 0 Å². The van der Waals surface area contributed by atoms with Crippen molar-refractivity contribution in [3.63, 3.8) is 0 Å². The van der Waals surface area contributed by atoms with Crippen LogP contribution in [-0.4, -0.2) is 36.0 Å². The molecule has 0 unspecified atom stereocenters. The average molecular weight is 310 g/mol. The Morgan fingerprint density at radius 3 is 2.62 bits per heavy atom. The van der Waals surface area contributed by atoms with Gasteiger partial charge in [-0.1, -0.05) is 23.7 Å². The Morgan fingerprint density at radius 2 is 2.10 bits per heavy atom. The highest BCUT2D eigenvalue weighted by molar-refractivity contribution is 6.30. The number of hydrogen-bond acceptors (Lipinski definition) is 3. The molecule has 1 aliphatic rings. The zero-order valence-corrected chi connectivity index (χ0v) is 13.3. The molecule has 0 bridgehead atoms. The third-order valence-electron chi connectivity index (χ3n) is 3.55. The van der Waals surface area contributed by atoms with Crippen molar-refractivity contribution in [2.45, 2.75) is 38.2 Å². The molecule has 0 spiro atoms. The van der Waals surface area contributed by atoms with Crippen LogP contribution < -0.4 is 0 Å². The molecule has 1 fully saturated rings. The minimum absolute atomic E-state index is 0.342. The normalized spacial score (nSPS) is 17.0. The third kappa shape index (κ3) is 3.56. The Hall–Kier alpha value is -1.55. The Morgan fingerprint density at radius 1 is 1.43 bits per heavy atom. The van der Waals surface area contributed by atoms with E-state index in [1.54, 1.807) is 11.0 Å². The van der Waals surface area contributed by atoms with Crippen molar-refractivity contribution >= 4 is 24.0 Å². The molecule has 1 heterocycles. The standard InChI is InChI=1S/C16H20ClNO3/c1-15(2,3)21-14(20)18-10-16(11-18,7-8-19)12-5-4-6-13(17)9-12/h4-6,8-9H,7,10-11H2,1-3H3. The van der Waals surface area contributed by atoms with Crippen molar-refractivity contribution in [3.05, 3.63) is 34.9 Å². The molecule has 114 valence electrons. The molecule has 21 heavy (non-hydrogen) atoms. The molecule has 0 aliphatic carbocycles. The smallest absolute Gasteiger partial charge is 0.410 e. The molecule has 0 atom stereocenters. The van der Waals surface area contributed by atoms with Gasteiger partial charge in [-0.05, 0) is 38.5 Å². The van der Waals surface area contributed by atoms with Crippen molar-refractivity contribution in [3.8, 4) is 0 Å². The summed E-state index contributed by atoms with van der Waals surface area (Å²) in [5, 5.41) is 0.633. The first-order chi connectivity index (χ1) is 9.76. The van der Waals surface area contributed by atoms with E-state index < -0.39 is 5.60 Å². The summed E-state index contributed by atoms with van der Waals surface area (Å²) in [6, 6.07) is 7.46. The number of amides is 1. The number of aldehydes is 1. The fraction of sp³-hybridized carbons (Fsp3) is 0.500. The number of rotatable bonds is 3. The van der Waals surface area contributed by atoms with Gasteiger partial charge < -0.3 is 14.4 Å². The predicted octanol–water partition coefficient (Wildman–Crippen LogP) is 3.42. The molecule has 2 rings (SSSR count). The summed E-state index contributed by atoms with van der Waals surface area (Å²) >= 11 is 6.02. The van der Waals surface area contributed by atoms with Gasteiger partial charge in [0.15, 0.2) is 0 Å². The molecule has 0 radical (unpaired) electrons. The maximum absolute atomic E-state index is 12.0. The zero-order valence-electron chi connectivity index (χ0n) is 12.6. The molecule has 1 saturated heterocycles. The Bertz CT molecular complexity index is 545. The van der Waals surface area contributed by atoms with Gasteiger partial charge in [0.2, 0.25) is 0 Å². The van der Waals surface area contributed by atoms with Gasteiger partial charge in [-0.15, -0.1) is 0 Å². The van der Waals surface area contributed by atoms with Crippen LogP contribution in [0.4, 0.5) is 4.79 Å². The number of carbonyl (C=O) groups excluding carboxylic acids is 2. The van der Waals surface area contributed by atoms with E-state index in [1.807, 2.05) is 39.0 Å². The van der Waals surface area contributed by atoms with Crippen LogP contribution in [0.15, 0.2) is 24.3 Å². The fourth-order valence-electron chi connectivity index (χ4n) is 2.55. The Labute approximate surface area is 130 Å². The van der Waals surface area contributed by atoms with Crippen LogP contribution in [0, 0.1) is 0 Å². The number of likely N-dealkylation sites (tertiary alicyclic amines) is 1. The molecular weight excluding hydrogens is 290 g/mol. The lowest BCUT2D eigenvalue weighted by Gasteiger charge is -2.49. The lowest BCUT2D eigenvalue weighted by Crippen LogP contribution is -2.62. The summed E-state index contributed by atoms with van der Waals surface area (Å²) in [6.45, 7) is 6.45. The fourth-order valence-corrected chi connectivity index (χ4v) is 2.74. The van der Waals surface area contributed by atoms with E-state index in [4.69, 9.17) is 16.3 Å². The van der Waals surface area contributed by atoms with E-state index in [1.165, 1.54) is 0 Å². The van der Waals surface area contributed by atoms with Crippen LogP contribution in [0.3, 0.4) is 0 Å². The van der Waals surface area contributed by atoms with Crippen LogP contribution in [0.25, 0.3) is 0 Å². The summed E-state index contributed by atoms with van der Waals surface area (Å²) in [6.07, 6.45) is 0.922. The second-order valence-electron chi connectivity index (χ2n) is 6.50. The van der Waals surface area contributed by atoms with E-state index in [0.717, 1.165) is 11.8 Å². The molecular formula is C16H20ClNO3. The van der Waals surface area contributed by atoms with Gasteiger partial charge in [-0.25, -0.2) is 4.79 Å².